The van der Waals surface area contributed by atoms with Crippen molar-refractivity contribution in [2.45, 2.75) is 87.6 Å². The van der Waals surface area contributed by atoms with E-state index >= 15 is 0 Å². The Hall–Kier alpha value is -1.83. The lowest BCUT2D eigenvalue weighted by Crippen LogP contribution is -2.79. The smallest absolute Gasteiger partial charge is 0.320 e. The number of carboxylic acid groups (broad SMARTS) is 1. The number of rotatable bonds is 7. The van der Waals surface area contributed by atoms with Crippen LogP contribution in [0, 0.1) is 11.8 Å². The summed E-state index contributed by atoms with van der Waals surface area (Å²) in [6.45, 7) is 5.99. The van der Waals surface area contributed by atoms with Crippen LogP contribution in [0.2, 0.25) is 0 Å². The van der Waals surface area contributed by atoms with Crippen molar-refractivity contribution in [2.24, 2.45) is 11.8 Å². The van der Waals surface area contributed by atoms with Gasteiger partial charge in [0.15, 0.2) is 11.5 Å². The second-order valence-electron chi connectivity index (χ2n) is 11.3. The highest BCUT2D eigenvalue weighted by Crippen LogP contribution is 2.66. The number of likely N-dealkylation sites (tertiary alicyclic amines) is 1. The summed E-state index contributed by atoms with van der Waals surface area (Å²) in [4.78, 5) is 14.7. The molecule has 0 radical (unpaired) electrons. The number of nitrogens with one attached hydrogen (secondary N) is 1. The van der Waals surface area contributed by atoms with Gasteiger partial charge in [0.05, 0.1) is 11.0 Å². The molecule has 2 bridgehead atoms. The zero-order chi connectivity index (χ0) is 23.1. The summed E-state index contributed by atoms with van der Waals surface area (Å²) in [7, 11) is 1.85. The minimum atomic E-state index is -0.828. The normalized spacial score (nSPS) is 37.5. The van der Waals surface area contributed by atoms with Gasteiger partial charge in [-0.25, -0.2) is 0 Å². The second-order valence-corrected chi connectivity index (χ2v) is 11.3. The molecule has 180 valence electrons. The van der Waals surface area contributed by atoms with Crippen molar-refractivity contribution < 1.29 is 24.5 Å². The number of piperidine rings is 1. The Morgan fingerprint density at radius 2 is 2.09 bits per heavy atom. The second kappa shape index (κ2) is 7.33. The first-order valence-corrected chi connectivity index (χ1v) is 12.6. The first kappa shape index (κ1) is 21.7. The molecule has 5 aliphatic rings. The Balaban J connectivity index is 1.47. The van der Waals surface area contributed by atoms with Crippen LogP contribution in [0.15, 0.2) is 12.1 Å². The van der Waals surface area contributed by atoms with E-state index in [2.05, 4.69) is 16.3 Å². The van der Waals surface area contributed by atoms with Crippen LogP contribution in [-0.4, -0.2) is 71.1 Å². The number of carbonyl (C=O) groups is 1. The average molecular weight is 457 g/mol. The Morgan fingerprint density at radius 3 is 2.76 bits per heavy atom. The number of ether oxygens (including phenoxy) is 2. The van der Waals surface area contributed by atoms with E-state index in [0.29, 0.717) is 5.75 Å². The monoisotopic (exact) mass is 456 g/mol. The van der Waals surface area contributed by atoms with E-state index < -0.39 is 17.6 Å². The topological polar surface area (TPSA) is 91.3 Å². The van der Waals surface area contributed by atoms with Crippen LogP contribution in [-0.2, 0) is 21.4 Å². The number of benzene rings is 1. The molecule has 6 atom stereocenters. The van der Waals surface area contributed by atoms with Gasteiger partial charge in [0.25, 0.3) is 0 Å². The van der Waals surface area contributed by atoms with Crippen molar-refractivity contribution in [3.05, 3.63) is 23.3 Å². The van der Waals surface area contributed by atoms with Crippen molar-refractivity contribution in [1.29, 1.82) is 0 Å². The Kier molecular flexibility index (Phi) is 4.82. The molecule has 1 aromatic carbocycles. The fourth-order valence-corrected chi connectivity index (χ4v) is 7.82. The third-order valence-electron chi connectivity index (χ3n) is 9.41. The van der Waals surface area contributed by atoms with E-state index in [1.807, 2.05) is 21.0 Å². The lowest BCUT2D eigenvalue weighted by molar-refractivity contribution is -0.208. The van der Waals surface area contributed by atoms with Crippen molar-refractivity contribution in [2.75, 3.05) is 20.2 Å². The highest BCUT2D eigenvalue weighted by molar-refractivity contribution is 5.74. The first-order chi connectivity index (χ1) is 15.8. The standard InChI is InChI=1S/C26H36N2O5/c1-14(2)21(24(30)31)27-17-8-9-26(32-3)19-12-16-6-7-18(29)22-20(16)25(26,23(17)33-22)10-11-28(19)13-15-4-5-15/h6-7,14-15,17,19,21,23,27,29H,4-5,8-13H2,1-3H3,(H,30,31)/t17-,19?,21+,23-,25?,26+/m0/s1. The third-order valence-corrected chi connectivity index (χ3v) is 9.41. The van der Waals surface area contributed by atoms with Crippen LogP contribution in [0.25, 0.3) is 0 Å². The zero-order valence-electron chi connectivity index (χ0n) is 19.8. The average Bonchev–Trinajstić information content (AvgIpc) is 3.53. The fourth-order valence-electron chi connectivity index (χ4n) is 7.82. The number of phenols is 1. The summed E-state index contributed by atoms with van der Waals surface area (Å²) < 4.78 is 13.2. The number of nitrogens with zero attached hydrogens (tertiary/aromatic N) is 1. The van der Waals surface area contributed by atoms with Gasteiger partial charge >= 0.3 is 5.97 Å². The van der Waals surface area contributed by atoms with Crippen LogP contribution >= 0.6 is 0 Å². The molecule has 1 aromatic rings. The molecule has 3 fully saturated rings. The molecular weight excluding hydrogens is 420 g/mol. The molecular formula is C26H36N2O5. The lowest BCUT2D eigenvalue weighted by Gasteiger charge is -2.66. The maximum Gasteiger partial charge on any atom is 0.320 e. The highest BCUT2D eigenvalue weighted by Gasteiger charge is 2.74. The number of aromatic hydroxyl groups is 1. The Bertz CT molecular complexity index is 978. The van der Waals surface area contributed by atoms with Gasteiger partial charge in [-0.05, 0) is 68.5 Å². The summed E-state index contributed by atoms with van der Waals surface area (Å²) in [6, 6.07) is 3.34. The molecule has 33 heavy (non-hydrogen) atoms. The maximum atomic E-state index is 12.0. The molecule has 2 aliphatic heterocycles. The summed E-state index contributed by atoms with van der Waals surface area (Å²) >= 11 is 0. The van der Waals surface area contributed by atoms with Gasteiger partial charge in [-0.1, -0.05) is 19.9 Å². The van der Waals surface area contributed by atoms with Gasteiger partial charge in [-0.3, -0.25) is 15.0 Å². The molecule has 2 saturated carbocycles. The van der Waals surface area contributed by atoms with E-state index in [9.17, 15) is 15.0 Å². The molecule has 2 heterocycles. The van der Waals surface area contributed by atoms with E-state index in [1.54, 1.807) is 6.07 Å². The van der Waals surface area contributed by atoms with Crippen molar-refractivity contribution >= 4 is 5.97 Å². The van der Waals surface area contributed by atoms with Gasteiger partial charge in [0.1, 0.15) is 12.1 Å². The SMILES string of the molecule is CO[C@@]12CC[C@H](N[C@@H](C(=O)O)C(C)C)[C@@H]3Oc4c(O)ccc5c4C31CCN(CC1CC1)C2C5. The van der Waals surface area contributed by atoms with Crippen LogP contribution in [0.3, 0.4) is 0 Å². The zero-order valence-corrected chi connectivity index (χ0v) is 19.8. The van der Waals surface area contributed by atoms with Crippen LogP contribution in [0.5, 0.6) is 11.5 Å². The lowest BCUT2D eigenvalue weighted by atomic mass is 9.48. The molecule has 1 saturated heterocycles. The molecule has 2 unspecified atom stereocenters. The Labute approximate surface area is 195 Å². The summed E-state index contributed by atoms with van der Waals surface area (Å²) in [6.07, 6.45) is 5.83. The Morgan fingerprint density at radius 1 is 1.30 bits per heavy atom. The summed E-state index contributed by atoms with van der Waals surface area (Å²) in [5.74, 6) is 0.713. The number of methoxy groups -OCH3 is 1. The summed E-state index contributed by atoms with van der Waals surface area (Å²) in [5.41, 5.74) is 1.60. The van der Waals surface area contributed by atoms with Gasteiger partial charge in [0.2, 0.25) is 0 Å². The van der Waals surface area contributed by atoms with E-state index in [-0.39, 0.29) is 35.3 Å². The number of phenolic OH excluding ortho intramolecular Hbond substituents is 1. The molecule has 7 heteroatoms. The van der Waals surface area contributed by atoms with Gasteiger partial charge in [0, 0.05) is 31.3 Å². The molecule has 0 amide bonds. The quantitative estimate of drug-likeness (QED) is 0.581. The van der Waals surface area contributed by atoms with E-state index in [1.165, 1.54) is 18.4 Å². The largest absolute Gasteiger partial charge is 0.504 e. The molecule has 3 N–H and O–H groups in total. The van der Waals surface area contributed by atoms with E-state index in [0.717, 1.165) is 50.3 Å². The molecule has 6 rings (SSSR count). The van der Waals surface area contributed by atoms with Crippen molar-refractivity contribution in [3.63, 3.8) is 0 Å². The minimum absolute atomic E-state index is 0.0404. The fraction of sp³-hybridized carbons (Fsp3) is 0.731. The van der Waals surface area contributed by atoms with Crippen molar-refractivity contribution in [3.8, 4) is 11.5 Å². The number of hydrogen-bond acceptors (Lipinski definition) is 6. The number of aliphatic carboxylic acids is 1. The highest BCUT2D eigenvalue weighted by atomic mass is 16.5. The van der Waals surface area contributed by atoms with Gasteiger partial charge in [-0.15, -0.1) is 0 Å². The third kappa shape index (κ3) is 2.82. The predicted molar refractivity (Wildman–Crippen MR) is 123 cm³/mol. The van der Waals surface area contributed by atoms with E-state index in [4.69, 9.17) is 9.47 Å². The van der Waals surface area contributed by atoms with Crippen LogP contribution in [0.1, 0.15) is 57.1 Å². The van der Waals surface area contributed by atoms with Gasteiger partial charge in [-0.2, -0.15) is 0 Å². The maximum absolute atomic E-state index is 12.0. The molecule has 0 aromatic heterocycles. The van der Waals surface area contributed by atoms with Crippen LogP contribution in [0.4, 0.5) is 0 Å². The summed E-state index contributed by atoms with van der Waals surface area (Å²) in [5, 5.41) is 24.1. The molecule has 3 aliphatic carbocycles. The molecule has 1 spiro atoms. The number of hydrogen-bond donors (Lipinski definition) is 3. The van der Waals surface area contributed by atoms with Crippen molar-refractivity contribution in [1.82, 2.24) is 10.2 Å². The molecule has 7 nitrogen and oxygen atoms in total. The predicted octanol–water partition coefficient (Wildman–Crippen LogP) is 2.68. The van der Waals surface area contributed by atoms with Crippen LogP contribution < -0.4 is 10.1 Å². The first-order valence-electron chi connectivity index (χ1n) is 12.6. The minimum Gasteiger partial charge on any atom is -0.504 e. The number of carboxylic acids is 1. The van der Waals surface area contributed by atoms with Gasteiger partial charge < -0.3 is 19.7 Å².